The van der Waals surface area contributed by atoms with E-state index in [4.69, 9.17) is 0 Å². The van der Waals surface area contributed by atoms with Crippen LogP contribution in [0.25, 0.3) is 0 Å². The molecule has 0 fully saturated rings. The van der Waals surface area contributed by atoms with E-state index in [-0.39, 0.29) is 0 Å². The third-order valence-electron chi connectivity index (χ3n) is 2.82. The average molecular weight is 256 g/mol. The van der Waals surface area contributed by atoms with Crippen molar-refractivity contribution in [3.05, 3.63) is 28.8 Å². The quantitative estimate of drug-likeness (QED) is 0.882. The topological polar surface area (TPSA) is 49.4 Å². The first-order valence-electron chi connectivity index (χ1n) is 5.48. The Morgan fingerprint density at radius 3 is 2.29 bits per heavy atom. The molecule has 0 spiro atoms. The summed E-state index contributed by atoms with van der Waals surface area (Å²) in [5.41, 5.74) is 2.80. The third-order valence-corrected chi connectivity index (χ3v) is 4.76. The van der Waals surface area contributed by atoms with Gasteiger partial charge in [-0.2, -0.15) is 0 Å². The van der Waals surface area contributed by atoms with E-state index < -0.39 is 10.0 Å². The molecule has 0 aliphatic rings. The van der Waals surface area contributed by atoms with Crippen molar-refractivity contribution in [2.75, 3.05) is 21.1 Å². The largest absolute Gasteiger partial charge is 0.316 e. The van der Waals surface area contributed by atoms with Crippen molar-refractivity contribution in [2.45, 2.75) is 25.3 Å². The minimum atomic E-state index is -3.37. The van der Waals surface area contributed by atoms with E-state index in [9.17, 15) is 8.42 Å². The molecule has 4 nitrogen and oxygen atoms in total. The first-order chi connectivity index (χ1) is 7.80. The van der Waals surface area contributed by atoms with Gasteiger partial charge in [-0.05, 0) is 43.7 Å². The molecule has 0 unspecified atom stereocenters. The molecule has 17 heavy (non-hydrogen) atoms. The van der Waals surface area contributed by atoms with E-state index in [2.05, 4.69) is 5.32 Å². The van der Waals surface area contributed by atoms with Crippen LogP contribution in [0.15, 0.2) is 17.0 Å². The van der Waals surface area contributed by atoms with Gasteiger partial charge < -0.3 is 5.32 Å². The predicted molar refractivity (Wildman–Crippen MR) is 69.6 cm³/mol. The van der Waals surface area contributed by atoms with E-state index in [1.165, 1.54) is 4.31 Å². The number of nitrogens with one attached hydrogen (secondary N) is 1. The molecule has 0 aliphatic heterocycles. The lowest BCUT2D eigenvalue weighted by Crippen LogP contribution is -2.23. The molecule has 1 rings (SSSR count). The van der Waals surface area contributed by atoms with E-state index >= 15 is 0 Å². The van der Waals surface area contributed by atoms with Gasteiger partial charge in [0.1, 0.15) is 0 Å². The van der Waals surface area contributed by atoms with Crippen LogP contribution in [0.4, 0.5) is 0 Å². The predicted octanol–water partition coefficient (Wildman–Crippen LogP) is 1.27. The van der Waals surface area contributed by atoms with Crippen LogP contribution < -0.4 is 5.32 Å². The lowest BCUT2D eigenvalue weighted by Gasteiger charge is -2.16. The zero-order valence-corrected chi connectivity index (χ0v) is 11.9. The zero-order chi connectivity index (χ0) is 13.2. The highest BCUT2D eigenvalue weighted by Crippen LogP contribution is 2.23. The second kappa shape index (κ2) is 5.16. The second-order valence-corrected chi connectivity index (χ2v) is 6.47. The van der Waals surface area contributed by atoms with E-state index in [0.29, 0.717) is 11.4 Å². The fraction of sp³-hybridized carbons (Fsp3) is 0.500. The van der Waals surface area contributed by atoms with Gasteiger partial charge in [0.25, 0.3) is 0 Å². The fourth-order valence-electron chi connectivity index (χ4n) is 1.67. The molecular formula is C12H20N2O2S. The van der Waals surface area contributed by atoms with Gasteiger partial charge in [-0.3, -0.25) is 0 Å². The second-order valence-electron chi connectivity index (χ2n) is 4.35. The average Bonchev–Trinajstić information content (AvgIpc) is 2.23. The lowest BCUT2D eigenvalue weighted by atomic mass is 10.1. The molecule has 0 saturated carbocycles. The highest BCUT2D eigenvalue weighted by Gasteiger charge is 2.21. The number of sulfonamides is 1. The number of nitrogens with zero attached hydrogens (tertiary/aromatic N) is 1. The fourth-order valence-corrected chi connectivity index (χ4v) is 2.91. The summed E-state index contributed by atoms with van der Waals surface area (Å²) in [4.78, 5) is 0.396. The summed E-state index contributed by atoms with van der Waals surface area (Å²) in [6.07, 6.45) is 0. The maximum absolute atomic E-state index is 12.2. The van der Waals surface area contributed by atoms with E-state index in [1.807, 2.05) is 27.0 Å². The van der Waals surface area contributed by atoms with Crippen molar-refractivity contribution in [3.63, 3.8) is 0 Å². The van der Waals surface area contributed by atoms with Gasteiger partial charge >= 0.3 is 0 Å². The number of aryl methyl sites for hydroxylation is 1. The van der Waals surface area contributed by atoms with Crippen molar-refractivity contribution < 1.29 is 8.42 Å². The van der Waals surface area contributed by atoms with Crippen LogP contribution in [0.3, 0.4) is 0 Å². The van der Waals surface area contributed by atoms with Crippen LogP contribution in [-0.2, 0) is 16.6 Å². The molecule has 0 amide bonds. The van der Waals surface area contributed by atoms with Gasteiger partial charge in [0, 0.05) is 20.6 Å². The summed E-state index contributed by atoms with van der Waals surface area (Å²) in [6, 6.07) is 3.76. The standard InChI is InChI=1S/C12H20N2O2S/c1-9-6-11(8-13-3)7-12(10(9)2)17(15,16)14(4)5/h6-7,13H,8H2,1-5H3. The Bertz CT molecular complexity index is 507. The first kappa shape index (κ1) is 14.2. The Kier molecular flexibility index (Phi) is 4.30. The highest BCUT2D eigenvalue weighted by molar-refractivity contribution is 7.89. The van der Waals surface area contributed by atoms with Crippen LogP contribution in [-0.4, -0.2) is 33.9 Å². The zero-order valence-electron chi connectivity index (χ0n) is 11.0. The van der Waals surface area contributed by atoms with Crippen molar-refractivity contribution in [1.29, 1.82) is 0 Å². The minimum Gasteiger partial charge on any atom is -0.316 e. The van der Waals surface area contributed by atoms with E-state index in [1.54, 1.807) is 20.2 Å². The highest BCUT2D eigenvalue weighted by atomic mass is 32.2. The van der Waals surface area contributed by atoms with Gasteiger partial charge in [-0.25, -0.2) is 12.7 Å². The number of hydrogen-bond acceptors (Lipinski definition) is 3. The third kappa shape index (κ3) is 2.86. The van der Waals surface area contributed by atoms with Crippen molar-refractivity contribution in [1.82, 2.24) is 9.62 Å². The maximum Gasteiger partial charge on any atom is 0.242 e. The van der Waals surface area contributed by atoms with Crippen LogP contribution >= 0.6 is 0 Å². The number of rotatable bonds is 4. The molecule has 0 aromatic heterocycles. The molecule has 1 aromatic carbocycles. The Balaban J connectivity index is 3.43. The van der Waals surface area contributed by atoms with Crippen molar-refractivity contribution in [2.24, 2.45) is 0 Å². The summed E-state index contributed by atoms with van der Waals surface area (Å²) in [6.45, 7) is 4.44. The maximum atomic E-state index is 12.2. The van der Waals surface area contributed by atoms with Gasteiger partial charge in [-0.1, -0.05) is 6.07 Å². The molecule has 1 N–H and O–H groups in total. The summed E-state index contributed by atoms with van der Waals surface area (Å²) in [5, 5.41) is 3.03. The van der Waals surface area contributed by atoms with Gasteiger partial charge in [0.15, 0.2) is 0 Å². The van der Waals surface area contributed by atoms with E-state index in [0.717, 1.165) is 16.7 Å². The lowest BCUT2D eigenvalue weighted by molar-refractivity contribution is 0.520. The number of benzene rings is 1. The molecule has 96 valence electrons. The van der Waals surface area contributed by atoms with Gasteiger partial charge in [-0.15, -0.1) is 0 Å². The van der Waals surface area contributed by atoms with Gasteiger partial charge in [0.05, 0.1) is 4.90 Å². The molecule has 5 heteroatoms. The summed E-state index contributed by atoms with van der Waals surface area (Å²) in [7, 11) is 1.58. The molecule has 0 heterocycles. The Labute approximate surface area is 104 Å². The first-order valence-corrected chi connectivity index (χ1v) is 6.92. The Morgan fingerprint density at radius 2 is 1.82 bits per heavy atom. The SMILES string of the molecule is CNCc1cc(C)c(C)c(S(=O)(=O)N(C)C)c1. The van der Waals surface area contributed by atoms with Crippen molar-refractivity contribution in [3.8, 4) is 0 Å². The van der Waals surface area contributed by atoms with Crippen molar-refractivity contribution >= 4 is 10.0 Å². The molecule has 1 aromatic rings. The molecule has 0 atom stereocenters. The van der Waals surface area contributed by atoms with Crippen LogP contribution in [0.1, 0.15) is 16.7 Å². The summed E-state index contributed by atoms with van der Waals surface area (Å²) >= 11 is 0. The smallest absolute Gasteiger partial charge is 0.242 e. The molecule has 0 bridgehead atoms. The summed E-state index contributed by atoms with van der Waals surface area (Å²) < 4.78 is 25.6. The minimum absolute atomic E-state index is 0.396. The van der Waals surface area contributed by atoms with Crippen LogP contribution in [0, 0.1) is 13.8 Å². The van der Waals surface area contributed by atoms with Crippen LogP contribution in [0.2, 0.25) is 0 Å². The number of hydrogen-bond donors (Lipinski definition) is 1. The van der Waals surface area contributed by atoms with Crippen LogP contribution in [0.5, 0.6) is 0 Å². The normalized spacial score (nSPS) is 12.1. The summed E-state index contributed by atoms with van der Waals surface area (Å²) in [5.74, 6) is 0. The molecule has 0 radical (unpaired) electrons. The Hall–Kier alpha value is -0.910. The molecule has 0 saturated heterocycles. The monoisotopic (exact) mass is 256 g/mol. The molecular weight excluding hydrogens is 236 g/mol. The molecule has 0 aliphatic carbocycles. The van der Waals surface area contributed by atoms with Gasteiger partial charge in [0.2, 0.25) is 10.0 Å². The Morgan fingerprint density at radius 1 is 1.24 bits per heavy atom.